The van der Waals surface area contributed by atoms with E-state index in [9.17, 15) is 4.79 Å². The summed E-state index contributed by atoms with van der Waals surface area (Å²) in [5.41, 5.74) is 7.39. The topological polar surface area (TPSA) is 52.3 Å². The summed E-state index contributed by atoms with van der Waals surface area (Å²) in [4.78, 5) is 12.5. The van der Waals surface area contributed by atoms with Gasteiger partial charge < -0.3 is 10.5 Å². The molecule has 0 aliphatic rings. The zero-order chi connectivity index (χ0) is 13.8. The third-order valence-electron chi connectivity index (χ3n) is 2.61. The summed E-state index contributed by atoms with van der Waals surface area (Å²) in [5, 5.41) is 0. The van der Waals surface area contributed by atoms with Gasteiger partial charge >= 0.3 is 0 Å². The van der Waals surface area contributed by atoms with E-state index in [0.29, 0.717) is 29.2 Å². The number of anilines is 1. The number of ether oxygens (including phenoxy) is 1. The second-order valence-electron chi connectivity index (χ2n) is 4.03. The van der Waals surface area contributed by atoms with E-state index >= 15 is 0 Å². The molecular weight excluding hydrogens is 306 g/mol. The van der Waals surface area contributed by atoms with E-state index in [-0.39, 0.29) is 5.78 Å². The SMILES string of the molecule is CCOc1ccccc1C(=O)c1cc(N)cc(Br)c1. The van der Waals surface area contributed by atoms with Gasteiger partial charge in [0, 0.05) is 15.7 Å². The van der Waals surface area contributed by atoms with Gasteiger partial charge in [-0.25, -0.2) is 0 Å². The van der Waals surface area contributed by atoms with Crippen LogP contribution in [0.5, 0.6) is 5.75 Å². The van der Waals surface area contributed by atoms with Crippen molar-refractivity contribution in [1.29, 1.82) is 0 Å². The van der Waals surface area contributed by atoms with E-state index in [0.717, 1.165) is 4.47 Å². The number of para-hydroxylation sites is 1. The molecule has 19 heavy (non-hydrogen) atoms. The molecule has 98 valence electrons. The molecule has 0 heterocycles. The van der Waals surface area contributed by atoms with Crippen LogP contribution >= 0.6 is 15.9 Å². The van der Waals surface area contributed by atoms with Crippen LogP contribution in [0.1, 0.15) is 22.8 Å². The Kier molecular flexibility index (Phi) is 4.22. The van der Waals surface area contributed by atoms with Gasteiger partial charge in [-0.1, -0.05) is 28.1 Å². The number of nitrogens with two attached hydrogens (primary N) is 1. The zero-order valence-electron chi connectivity index (χ0n) is 10.5. The van der Waals surface area contributed by atoms with Crippen molar-refractivity contribution in [3.8, 4) is 5.75 Å². The van der Waals surface area contributed by atoms with Crippen molar-refractivity contribution in [3.05, 3.63) is 58.1 Å². The zero-order valence-corrected chi connectivity index (χ0v) is 12.1. The monoisotopic (exact) mass is 319 g/mol. The first-order valence-electron chi connectivity index (χ1n) is 5.94. The molecule has 0 fully saturated rings. The van der Waals surface area contributed by atoms with Crippen molar-refractivity contribution < 1.29 is 9.53 Å². The molecule has 0 aliphatic heterocycles. The van der Waals surface area contributed by atoms with Crippen LogP contribution in [-0.2, 0) is 0 Å². The van der Waals surface area contributed by atoms with Gasteiger partial charge in [0.15, 0.2) is 5.78 Å². The highest BCUT2D eigenvalue weighted by atomic mass is 79.9. The third kappa shape index (κ3) is 3.15. The summed E-state index contributed by atoms with van der Waals surface area (Å²) in [6.07, 6.45) is 0. The van der Waals surface area contributed by atoms with Gasteiger partial charge in [0.05, 0.1) is 12.2 Å². The fourth-order valence-corrected chi connectivity index (χ4v) is 2.35. The number of benzene rings is 2. The predicted molar refractivity (Wildman–Crippen MR) is 79.6 cm³/mol. The van der Waals surface area contributed by atoms with Crippen LogP contribution in [0.15, 0.2) is 46.9 Å². The van der Waals surface area contributed by atoms with Crippen molar-refractivity contribution in [1.82, 2.24) is 0 Å². The first-order chi connectivity index (χ1) is 9.11. The lowest BCUT2D eigenvalue weighted by Crippen LogP contribution is -2.06. The Hall–Kier alpha value is -1.81. The maximum atomic E-state index is 12.5. The average molecular weight is 320 g/mol. The van der Waals surface area contributed by atoms with E-state index < -0.39 is 0 Å². The lowest BCUT2D eigenvalue weighted by atomic mass is 10.0. The molecule has 2 aromatic rings. The Morgan fingerprint density at radius 3 is 2.68 bits per heavy atom. The number of halogens is 1. The van der Waals surface area contributed by atoms with Crippen LogP contribution in [0.4, 0.5) is 5.69 Å². The first-order valence-corrected chi connectivity index (χ1v) is 6.73. The number of rotatable bonds is 4. The summed E-state index contributed by atoms with van der Waals surface area (Å²) >= 11 is 3.34. The van der Waals surface area contributed by atoms with Crippen LogP contribution in [0.2, 0.25) is 0 Å². The summed E-state index contributed by atoms with van der Waals surface area (Å²) < 4.78 is 6.26. The molecule has 2 N–H and O–H groups in total. The van der Waals surface area contributed by atoms with Crippen molar-refractivity contribution in [2.75, 3.05) is 12.3 Å². The number of hydrogen-bond donors (Lipinski definition) is 1. The minimum Gasteiger partial charge on any atom is -0.493 e. The van der Waals surface area contributed by atoms with E-state index in [1.54, 1.807) is 30.3 Å². The molecule has 0 bridgehead atoms. The van der Waals surface area contributed by atoms with Crippen LogP contribution < -0.4 is 10.5 Å². The lowest BCUT2D eigenvalue weighted by molar-refractivity contribution is 0.103. The lowest BCUT2D eigenvalue weighted by Gasteiger charge is -2.09. The second-order valence-corrected chi connectivity index (χ2v) is 4.95. The Bertz CT molecular complexity index is 591. The Labute approximate surface area is 120 Å². The summed E-state index contributed by atoms with van der Waals surface area (Å²) in [5.74, 6) is 0.491. The van der Waals surface area contributed by atoms with E-state index in [1.807, 2.05) is 19.1 Å². The fourth-order valence-electron chi connectivity index (χ4n) is 1.83. The van der Waals surface area contributed by atoms with Crippen molar-refractivity contribution in [2.24, 2.45) is 0 Å². The van der Waals surface area contributed by atoms with Gasteiger partial charge in [0.1, 0.15) is 5.75 Å². The molecule has 0 atom stereocenters. The summed E-state index contributed by atoms with van der Waals surface area (Å²) in [6, 6.07) is 12.4. The van der Waals surface area contributed by atoms with Crippen LogP contribution in [0.3, 0.4) is 0 Å². The van der Waals surface area contributed by atoms with Gasteiger partial charge in [-0.15, -0.1) is 0 Å². The number of carbonyl (C=O) groups is 1. The normalized spacial score (nSPS) is 10.2. The molecule has 4 heteroatoms. The smallest absolute Gasteiger partial charge is 0.196 e. The standard InChI is InChI=1S/C15H14BrNO2/c1-2-19-14-6-4-3-5-13(14)15(18)10-7-11(16)9-12(17)8-10/h3-9H,2,17H2,1H3. The van der Waals surface area contributed by atoms with E-state index in [2.05, 4.69) is 15.9 Å². The van der Waals surface area contributed by atoms with Crippen molar-refractivity contribution in [2.45, 2.75) is 6.92 Å². The highest BCUT2D eigenvalue weighted by Gasteiger charge is 2.15. The molecule has 3 nitrogen and oxygen atoms in total. The third-order valence-corrected chi connectivity index (χ3v) is 3.07. The van der Waals surface area contributed by atoms with Crippen molar-refractivity contribution in [3.63, 3.8) is 0 Å². The highest BCUT2D eigenvalue weighted by Crippen LogP contribution is 2.24. The number of ketones is 1. The second kappa shape index (κ2) is 5.89. The molecular formula is C15H14BrNO2. The maximum Gasteiger partial charge on any atom is 0.196 e. The number of carbonyl (C=O) groups excluding carboxylic acids is 1. The summed E-state index contributed by atoms with van der Waals surface area (Å²) in [6.45, 7) is 2.41. The largest absolute Gasteiger partial charge is 0.493 e. The molecule has 0 aliphatic carbocycles. The Morgan fingerprint density at radius 1 is 1.26 bits per heavy atom. The predicted octanol–water partition coefficient (Wildman–Crippen LogP) is 3.66. The average Bonchev–Trinajstić information content (AvgIpc) is 2.38. The van der Waals surface area contributed by atoms with Crippen LogP contribution in [0, 0.1) is 0 Å². The first kappa shape index (κ1) is 13.6. The molecule has 0 radical (unpaired) electrons. The molecule has 2 aromatic carbocycles. The van der Waals surface area contributed by atoms with Crippen molar-refractivity contribution >= 4 is 27.4 Å². The van der Waals surface area contributed by atoms with Gasteiger partial charge in [-0.05, 0) is 37.3 Å². The minimum atomic E-state index is -0.1000. The molecule has 0 aromatic heterocycles. The van der Waals surface area contributed by atoms with Gasteiger partial charge in [0.25, 0.3) is 0 Å². The van der Waals surface area contributed by atoms with Gasteiger partial charge in [-0.2, -0.15) is 0 Å². The van der Waals surface area contributed by atoms with Crippen LogP contribution in [0.25, 0.3) is 0 Å². The van der Waals surface area contributed by atoms with E-state index in [4.69, 9.17) is 10.5 Å². The Balaban J connectivity index is 2.44. The molecule has 0 saturated carbocycles. The summed E-state index contributed by atoms with van der Waals surface area (Å²) in [7, 11) is 0. The van der Waals surface area contributed by atoms with E-state index in [1.165, 1.54) is 0 Å². The molecule has 0 unspecified atom stereocenters. The molecule has 0 amide bonds. The van der Waals surface area contributed by atoms with Gasteiger partial charge in [-0.3, -0.25) is 4.79 Å². The number of nitrogen functional groups attached to an aromatic ring is 1. The molecule has 0 saturated heterocycles. The molecule has 2 rings (SSSR count). The molecule has 0 spiro atoms. The highest BCUT2D eigenvalue weighted by molar-refractivity contribution is 9.10. The van der Waals surface area contributed by atoms with Crippen LogP contribution in [-0.4, -0.2) is 12.4 Å². The maximum absolute atomic E-state index is 12.5. The Morgan fingerprint density at radius 2 is 2.00 bits per heavy atom. The minimum absolute atomic E-state index is 0.1000. The quantitative estimate of drug-likeness (QED) is 0.691. The van der Waals surface area contributed by atoms with Gasteiger partial charge in [0.2, 0.25) is 0 Å². The number of hydrogen-bond acceptors (Lipinski definition) is 3. The fraction of sp³-hybridized carbons (Fsp3) is 0.133.